The molecule has 0 aliphatic carbocycles. The van der Waals surface area contributed by atoms with Gasteiger partial charge < -0.3 is 10.2 Å². The Morgan fingerprint density at radius 2 is 2.14 bits per heavy atom. The van der Waals surface area contributed by atoms with Gasteiger partial charge in [0.25, 0.3) is 0 Å². The number of rotatable bonds is 2. The molecule has 2 rings (SSSR count). The van der Waals surface area contributed by atoms with E-state index in [9.17, 15) is 13.2 Å². The van der Waals surface area contributed by atoms with E-state index in [1.807, 2.05) is 6.92 Å². The first-order chi connectivity index (χ1) is 9.86. The Bertz CT molecular complexity index is 616. The number of aromatic nitrogens is 1. The lowest BCUT2D eigenvalue weighted by Crippen LogP contribution is -2.36. The van der Waals surface area contributed by atoms with Gasteiger partial charge in [-0.15, -0.1) is 0 Å². The number of anilines is 1. The maximum atomic E-state index is 12.2. The quantitative estimate of drug-likeness (QED) is 0.903. The number of likely N-dealkylation sites (tertiary alicyclic amines) is 1. The number of carbonyl (C=O) groups excluding carboxylic acids is 1. The Kier molecular flexibility index (Phi) is 4.82. The molecule has 1 aliphatic rings. The van der Waals surface area contributed by atoms with Crippen molar-refractivity contribution in [1.82, 2.24) is 9.88 Å². The highest BCUT2D eigenvalue weighted by atomic mass is 32.2. The molecule has 0 saturated carbocycles. The van der Waals surface area contributed by atoms with E-state index >= 15 is 0 Å². The molecule has 21 heavy (non-hydrogen) atoms. The highest BCUT2D eigenvalue weighted by Gasteiger charge is 2.26. The van der Waals surface area contributed by atoms with Crippen molar-refractivity contribution in [2.75, 3.05) is 24.7 Å². The first-order valence-corrected chi connectivity index (χ1v) is 8.99. The van der Waals surface area contributed by atoms with E-state index in [-0.39, 0.29) is 11.3 Å². The van der Waals surface area contributed by atoms with Gasteiger partial charge in [-0.25, -0.2) is 13.2 Å². The van der Waals surface area contributed by atoms with Crippen LogP contribution in [0.4, 0.5) is 10.5 Å². The summed E-state index contributed by atoms with van der Waals surface area (Å²) in [6, 6.07) is 3.35. The van der Waals surface area contributed by atoms with Crippen LogP contribution in [0.5, 0.6) is 0 Å². The van der Waals surface area contributed by atoms with Gasteiger partial charge in [-0.1, -0.05) is 0 Å². The van der Waals surface area contributed by atoms with Gasteiger partial charge in [0, 0.05) is 36.9 Å². The van der Waals surface area contributed by atoms with E-state index in [0.717, 1.165) is 5.69 Å². The minimum atomic E-state index is -3.03. The zero-order valence-electron chi connectivity index (χ0n) is 12.4. The maximum absolute atomic E-state index is 12.2. The molecule has 2 amide bonds. The molecule has 0 radical (unpaired) electrons. The average molecular weight is 311 g/mol. The van der Waals surface area contributed by atoms with E-state index in [1.54, 1.807) is 23.2 Å². The third-order valence-corrected chi connectivity index (χ3v) is 5.40. The second-order valence-electron chi connectivity index (χ2n) is 5.49. The van der Waals surface area contributed by atoms with Crippen molar-refractivity contribution < 1.29 is 13.2 Å². The molecule has 1 saturated heterocycles. The standard InChI is InChI=1S/C14H21N3O3S/c1-11-10-12(5-7-15-11)16-14(18)17-8-3-4-13(6-9-17)21(2,19)20/h5,7,10,13H,3-4,6,8-9H2,1-2H3,(H,15,16,18). The summed E-state index contributed by atoms with van der Waals surface area (Å²) in [5.41, 5.74) is 1.54. The smallest absolute Gasteiger partial charge is 0.321 e. The highest BCUT2D eigenvalue weighted by molar-refractivity contribution is 7.91. The third-order valence-electron chi connectivity index (χ3n) is 3.72. The monoisotopic (exact) mass is 311 g/mol. The number of hydrogen-bond donors (Lipinski definition) is 1. The van der Waals surface area contributed by atoms with Crippen LogP contribution >= 0.6 is 0 Å². The summed E-state index contributed by atoms with van der Waals surface area (Å²) < 4.78 is 23.2. The Labute approximate surface area is 125 Å². The summed E-state index contributed by atoms with van der Waals surface area (Å²) in [4.78, 5) is 18.0. The average Bonchev–Trinajstić information content (AvgIpc) is 2.63. The predicted octanol–water partition coefficient (Wildman–Crippen LogP) is 1.82. The van der Waals surface area contributed by atoms with Gasteiger partial charge in [-0.2, -0.15) is 0 Å². The van der Waals surface area contributed by atoms with Gasteiger partial charge in [0.2, 0.25) is 0 Å². The topological polar surface area (TPSA) is 79.4 Å². The molecule has 6 nitrogen and oxygen atoms in total. The van der Waals surface area contributed by atoms with Gasteiger partial charge in [0.15, 0.2) is 0 Å². The van der Waals surface area contributed by atoms with Crippen LogP contribution in [0.25, 0.3) is 0 Å². The van der Waals surface area contributed by atoms with E-state index in [4.69, 9.17) is 0 Å². The van der Waals surface area contributed by atoms with Crippen LogP contribution in [0.2, 0.25) is 0 Å². The highest BCUT2D eigenvalue weighted by Crippen LogP contribution is 2.18. The van der Waals surface area contributed by atoms with Crippen molar-refractivity contribution in [1.29, 1.82) is 0 Å². The molecule has 1 unspecified atom stereocenters. The number of aryl methyl sites for hydroxylation is 1. The fourth-order valence-corrected chi connectivity index (χ4v) is 3.65. The summed E-state index contributed by atoms with van der Waals surface area (Å²) in [7, 11) is -3.03. The second-order valence-corrected chi connectivity index (χ2v) is 7.81. The van der Waals surface area contributed by atoms with E-state index in [0.29, 0.717) is 38.0 Å². The first kappa shape index (κ1) is 15.8. The van der Waals surface area contributed by atoms with Gasteiger partial charge in [-0.3, -0.25) is 4.98 Å². The molecular formula is C14H21N3O3S. The van der Waals surface area contributed by atoms with Gasteiger partial charge in [0.1, 0.15) is 9.84 Å². The number of sulfone groups is 1. The Morgan fingerprint density at radius 3 is 2.81 bits per heavy atom. The molecule has 1 aliphatic heterocycles. The van der Waals surface area contributed by atoms with Gasteiger partial charge in [0.05, 0.1) is 5.25 Å². The lowest BCUT2D eigenvalue weighted by Gasteiger charge is -2.21. The normalized spacial score (nSPS) is 19.9. The van der Waals surface area contributed by atoms with Gasteiger partial charge in [-0.05, 0) is 38.3 Å². The first-order valence-electron chi connectivity index (χ1n) is 7.04. The predicted molar refractivity (Wildman–Crippen MR) is 82.0 cm³/mol. The Hall–Kier alpha value is -1.63. The molecular weight excluding hydrogens is 290 g/mol. The molecule has 1 aromatic heterocycles. The van der Waals surface area contributed by atoms with Crippen LogP contribution < -0.4 is 5.32 Å². The fourth-order valence-electron chi connectivity index (χ4n) is 2.52. The largest absolute Gasteiger partial charge is 0.324 e. The Balaban J connectivity index is 1.97. The molecule has 1 aromatic rings. The van der Waals surface area contributed by atoms with E-state index in [1.165, 1.54) is 6.26 Å². The summed E-state index contributed by atoms with van der Waals surface area (Å²) in [5.74, 6) is 0. The molecule has 1 atom stereocenters. The number of carbonyl (C=O) groups is 1. The van der Waals surface area contributed by atoms with Crippen LogP contribution in [0.1, 0.15) is 25.0 Å². The molecule has 1 fully saturated rings. The van der Waals surface area contributed by atoms with Crippen LogP contribution in [0, 0.1) is 6.92 Å². The second kappa shape index (κ2) is 6.43. The van der Waals surface area contributed by atoms with Crippen LogP contribution in [0.3, 0.4) is 0 Å². The number of nitrogens with one attached hydrogen (secondary N) is 1. The van der Waals surface area contributed by atoms with Gasteiger partial charge >= 0.3 is 6.03 Å². The summed E-state index contributed by atoms with van der Waals surface area (Å²) in [6.07, 6.45) is 4.75. The number of nitrogens with zero attached hydrogens (tertiary/aromatic N) is 2. The number of pyridine rings is 1. The van der Waals surface area contributed by atoms with Crippen molar-refractivity contribution in [3.63, 3.8) is 0 Å². The molecule has 2 heterocycles. The van der Waals surface area contributed by atoms with E-state index in [2.05, 4.69) is 10.3 Å². The lowest BCUT2D eigenvalue weighted by atomic mass is 10.2. The molecule has 7 heteroatoms. The summed E-state index contributed by atoms with van der Waals surface area (Å²) >= 11 is 0. The molecule has 0 spiro atoms. The molecule has 116 valence electrons. The minimum Gasteiger partial charge on any atom is -0.324 e. The lowest BCUT2D eigenvalue weighted by molar-refractivity contribution is 0.214. The van der Waals surface area contributed by atoms with Crippen LogP contribution in [0.15, 0.2) is 18.3 Å². The SMILES string of the molecule is Cc1cc(NC(=O)N2CCCC(S(C)(=O)=O)CC2)ccn1. The van der Waals surface area contributed by atoms with Crippen molar-refractivity contribution in [2.45, 2.75) is 31.4 Å². The summed E-state index contributed by atoms with van der Waals surface area (Å²) in [6.45, 7) is 2.91. The Morgan fingerprint density at radius 1 is 1.38 bits per heavy atom. The van der Waals surface area contributed by atoms with Crippen LogP contribution in [-0.2, 0) is 9.84 Å². The van der Waals surface area contributed by atoms with Crippen molar-refractivity contribution in [2.24, 2.45) is 0 Å². The minimum absolute atomic E-state index is 0.185. The maximum Gasteiger partial charge on any atom is 0.321 e. The fraction of sp³-hybridized carbons (Fsp3) is 0.571. The third kappa shape index (κ3) is 4.42. The van der Waals surface area contributed by atoms with Crippen molar-refractivity contribution >= 4 is 21.6 Å². The van der Waals surface area contributed by atoms with Crippen LogP contribution in [-0.4, -0.2) is 48.9 Å². The molecule has 0 aromatic carbocycles. The zero-order chi connectivity index (χ0) is 15.5. The summed E-state index contributed by atoms with van der Waals surface area (Å²) in [5, 5.41) is 2.50. The number of amides is 2. The molecule has 0 bridgehead atoms. The van der Waals surface area contributed by atoms with E-state index < -0.39 is 9.84 Å². The number of hydrogen-bond acceptors (Lipinski definition) is 4. The van der Waals surface area contributed by atoms with Crippen molar-refractivity contribution in [3.8, 4) is 0 Å². The van der Waals surface area contributed by atoms with Crippen molar-refractivity contribution in [3.05, 3.63) is 24.0 Å². The number of urea groups is 1. The zero-order valence-corrected chi connectivity index (χ0v) is 13.2. The molecule has 1 N–H and O–H groups in total.